The summed E-state index contributed by atoms with van der Waals surface area (Å²) in [5.41, 5.74) is 4.53. The molecule has 0 saturated carbocycles. The average Bonchev–Trinajstić information content (AvgIpc) is 2.66. The number of nitrogens with zero attached hydrogens (tertiary/aromatic N) is 2. The number of hydrogen-bond acceptors (Lipinski definition) is 2. The Labute approximate surface area is 119 Å². The van der Waals surface area contributed by atoms with Gasteiger partial charge in [-0.2, -0.15) is 5.10 Å². The topological polar surface area (TPSA) is 29.9 Å². The van der Waals surface area contributed by atoms with Crippen LogP contribution in [0.25, 0.3) is 0 Å². The molecule has 0 aliphatic heterocycles. The smallest absolute Gasteiger partial charge is 0.0860 e. The number of aryl methyl sites for hydroxylation is 3. The van der Waals surface area contributed by atoms with Crippen LogP contribution in [0.3, 0.4) is 0 Å². The molecule has 2 rings (SSSR count). The highest BCUT2D eigenvalue weighted by molar-refractivity contribution is 6.31. The van der Waals surface area contributed by atoms with Crippen molar-refractivity contribution in [3.05, 3.63) is 51.8 Å². The van der Waals surface area contributed by atoms with Crippen molar-refractivity contribution in [2.75, 3.05) is 0 Å². The maximum absolute atomic E-state index is 6.28. The van der Waals surface area contributed by atoms with Crippen LogP contribution in [-0.2, 0) is 19.6 Å². The molecule has 3 nitrogen and oxygen atoms in total. The van der Waals surface area contributed by atoms with E-state index in [-0.39, 0.29) is 0 Å². The van der Waals surface area contributed by atoms with Gasteiger partial charge in [0.25, 0.3) is 0 Å². The minimum absolute atomic E-state index is 0.738. The first kappa shape index (κ1) is 14.1. The van der Waals surface area contributed by atoms with Crippen LogP contribution in [0.5, 0.6) is 0 Å². The lowest BCUT2D eigenvalue weighted by molar-refractivity contribution is 0.579. The lowest BCUT2D eigenvalue weighted by atomic mass is 10.1. The van der Waals surface area contributed by atoms with Crippen molar-refractivity contribution < 1.29 is 0 Å². The summed E-state index contributed by atoms with van der Waals surface area (Å²) in [4.78, 5) is 0. The zero-order valence-electron chi connectivity index (χ0n) is 11.7. The molecular formula is C15H20ClN3. The highest BCUT2D eigenvalue weighted by atomic mass is 35.5. The van der Waals surface area contributed by atoms with Crippen molar-refractivity contribution >= 4 is 11.6 Å². The van der Waals surface area contributed by atoms with E-state index in [1.165, 1.54) is 11.1 Å². The highest BCUT2D eigenvalue weighted by Gasteiger charge is 2.11. The minimum atomic E-state index is 0.738. The SMILES string of the molecule is CCn1nc(C)c(Cl)c1CNCc1cccc(C)c1. The molecule has 0 fully saturated rings. The number of halogens is 1. The summed E-state index contributed by atoms with van der Waals surface area (Å²) in [6.45, 7) is 8.55. The first-order valence-corrected chi connectivity index (χ1v) is 6.97. The molecule has 1 N–H and O–H groups in total. The summed E-state index contributed by atoms with van der Waals surface area (Å²) >= 11 is 6.28. The first-order chi connectivity index (χ1) is 9.11. The number of aromatic nitrogens is 2. The molecule has 1 heterocycles. The van der Waals surface area contributed by atoms with Gasteiger partial charge in [0.1, 0.15) is 0 Å². The summed E-state index contributed by atoms with van der Waals surface area (Å²) in [5.74, 6) is 0. The second kappa shape index (κ2) is 6.22. The second-order valence-electron chi connectivity index (χ2n) is 4.75. The summed E-state index contributed by atoms with van der Waals surface area (Å²) < 4.78 is 1.96. The van der Waals surface area contributed by atoms with Crippen LogP contribution in [0.15, 0.2) is 24.3 Å². The zero-order valence-corrected chi connectivity index (χ0v) is 12.5. The van der Waals surface area contributed by atoms with Gasteiger partial charge in [0.2, 0.25) is 0 Å². The Bertz CT molecular complexity index is 561. The van der Waals surface area contributed by atoms with E-state index in [1.807, 2.05) is 11.6 Å². The molecule has 0 aliphatic rings. The Morgan fingerprint density at radius 1 is 1.26 bits per heavy atom. The molecule has 4 heteroatoms. The molecular weight excluding hydrogens is 258 g/mol. The normalized spacial score (nSPS) is 10.9. The van der Waals surface area contributed by atoms with Crippen molar-refractivity contribution in [2.45, 2.75) is 40.4 Å². The largest absolute Gasteiger partial charge is 0.307 e. The van der Waals surface area contributed by atoms with Crippen LogP contribution < -0.4 is 5.32 Å². The number of benzene rings is 1. The Morgan fingerprint density at radius 2 is 2.05 bits per heavy atom. The van der Waals surface area contributed by atoms with Crippen molar-refractivity contribution in [1.29, 1.82) is 0 Å². The van der Waals surface area contributed by atoms with Crippen LogP contribution in [0.2, 0.25) is 5.02 Å². The third-order valence-corrected chi connectivity index (χ3v) is 3.65. The zero-order chi connectivity index (χ0) is 13.8. The van der Waals surface area contributed by atoms with Gasteiger partial charge in [-0.05, 0) is 26.3 Å². The lowest BCUT2D eigenvalue weighted by Crippen LogP contribution is -2.16. The molecule has 0 spiro atoms. The third kappa shape index (κ3) is 3.37. The van der Waals surface area contributed by atoms with Gasteiger partial charge in [-0.25, -0.2) is 0 Å². The monoisotopic (exact) mass is 277 g/mol. The van der Waals surface area contributed by atoms with E-state index < -0.39 is 0 Å². The molecule has 0 unspecified atom stereocenters. The van der Waals surface area contributed by atoms with E-state index in [9.17, 15) is 0 Å². The molecule has 19 heavy (non-hydrogen) atoms. The Balaban J connectivity index is 1.99. The van der Waals surface area contributed by atoms with Crippen LogP contribution in [-0.4, -0.2) is 9.78 Å². The number of rotatable bonds is 5. The van der Waals surface area contributed by atoms with Gasteiger partial charge >= 0.3 is 0 Å². The van der Waals surface area contributed by atoms with Gasteiger partial charge in [0.05, 0.1) is 16.4 Å². The van der Waals surface area contributed by atoms with E-state index in [2.05, 4.69) is 48.5 Å². The van der Waals surface area contributed by atoms with Crippen molar-refractivity contribution in [3.63, 3.8) is 0 Å². The quantitative estimate of drug-likeness (QED) is 0.907. The molecule has 0 radical (unpaired) electrons. The summed E-state index contributed by atoms with van der Waals surface area (Å²) in [6, 6.07) is 8.51. The van der Waals surface area contributed by atoms with Gasteiger partial charge in [-0.15, -0.1) is 0 Å². The molecule has 0 bridgehead atoms. The Hall–Kier alpha value is -1.32. The summed E-state index contributed by atoms with van der Waals surface area (Å²) in [6.07, 6.45) is 0. The predicted octanol–water partition coefficient (Wildman–Crippen LogP) is 3.46. The number of hydrogen-bond donors (Lipinski definition) is 1. The van der Waals surface area contributed by atoms with E-state index >= 15 is 0 Å². The summed E-state index contributed by atoms with van der Waals surface area (Å²) in [7, 11) is 0. The lowest BCUT2D eigenvalue weighted by Gasteiger charge is -2.08. The first-order valence-electron chi connectivity index (χ1n) is 6.60. The Morgan fingerprint density at radius 3 is 2.74 bits per heavy atom. The fraction of sp³-hybridized carbons (Fsp3) is 0.400. The molecule has 102 valence electrons. The molecule has 0 amide bonds. The molecule has 1 aromatic heterocycles. The average molecular weight is 278 g/mol. The van der Waals surface area contributed by atoms with Crippen molar-refractivity contribution in [1.82, 2.24) is 15.1 Å². The van der Waals surface area contributed by atoms with E-state index in [1.54, 1.807) is 0 Å². The van der Waals surface area contributed by atoms with Gasteiger partial charge in [0.15, 0.2) is 0 Å². The molecule has 0 atom stereocenters. The number of nitrogens with one attached hydrogen (secondary N) is 1. The molecule has 1 aromatic carbocycles. The fourth-order valence-corrected chi connectivity index (χ4v) is 2.39. The maximum Gasteiger partial charge on any atom is 0.0860 e. The predicted molar refractivity (Wildman–Crippen MR) is 79.4 cm³/mol. The van der Waals surface area contributed by atoms with Gasteiger partial charge < -0.3 is 5.32 Å². The van der Waals surface area contributed by atoms with Crippen LogP contribution in [0.4, 0.5) is 0 Å². The molecule has 0 saturated heterocycles. The summed E-state index contributed by atoms with van der Waals surface area (Å²) in [5, 5.41) is 8.62. The van der Waals surface area contributed by atoms with Crippen LogP contribution >= 0.6 is 11.6 Å². The van der Waals surface area contributed by atoms with Crippen molar-refractivity contribution in [2.24, 2.45) is 0 Å². The molecule has 0 aliphatic carbocycles. The van der Waals surface area contributed by atoms with E-state index in [0.717, 1.165) is 36.0 Å². The Kier molecular flexibility index (Phi) is 4.61. The van der Waals surface area contributed by atoms with Gasteiger partial charge in [-0.3, -0.25) is 4.68 Å². The second-order valence-corrected chi connectivity index (χ2v) is 5.13. The highest BCUT2D eigenvalue weighted by Crippen LogP contribution is 2.20. The van der Waals surface area contributed by atoms with Crippen LogP contribution in [0.1, 0.15) is 29.4 Å². The van der Waals surface area contributed by atoms with E-state index in [0.29, 0.717) is 0 Å². The van der Waals surface area contributed by atoms with Crippen molar-refractivity contribution in [3.8, 4) is 0 Å². The van der Waals surface area contributed by atoms with Gasteiger partial charge in [-0.1, -0.05) is 41.4 Å². The molecule has 2 aromatic rings. The third-order valence-electron chi connectivity index (χ3n) is 3.16. The minimum Gasteiger partial charge on any atom is -0.307 e. The standard InChI is InChI=1S/C15H20ClN3/c1-4-19-14(15(16)12(3)18-19)10-17-9-13-7-5-6-11(2)8-13/h5-8,17H,4,9-10H2,1-3H3. The van der Waals surface area contributed by atoms with Crippen LogP contribution in [0, 0.1) is 13.8 Å². The van der Waals surface area contributed by atoms with E-state index in [4.69, 9.17) is 11.6 Å². The van der Waals surface area contributed by atoms with Gasteiger partial charge in [0, 0.05) is 19.6 Å². The maximum atomic E-state index is 6.28. The fourth-order valence-electron chi connectivity index (χ4n) is 2.19.